The maximum absolute atomic E-state index is 12.8. The lowest BCUT2D eigenvalue weighted by atomic mass is 10.1. The number of hydrogen-bond donors (Lipinski definition) is 0. The molecule has 0 heterocycles. The summed E-state index contributed by atoms with van der Waals surface area (Å²) in [7, 11) is 0. The van der Waals surface area contributed by atoms with Gasteiger partial charge in [-0.25, -0.2) is 0 Å². The van der Waals surface area contributed by atoms with Crippen molar-refractivity contribution in [2.45, 2.75) is 303 Å². The van der Waals surface area contributed by atoms with E-state index in [2.05, 4.69) is 69.4 Å². The molecule has 0 saturated carbocycles. The van der Waals surface area contributed by atoms with Gasteiger partial charge in [0.25, 0.3) is 0 Å². The molecule has 0 rings (SSSR count). The van der Waals surface area contributed by atoms with Gasteiger partial charge in [-0.15, -0.1) is 0 Å². The Morgan fingerprint density at radius 2 is 0.561 bits per heavy atom. The van der Waals surface area contributed by atoms with E-state index in [0.717, 1.165) is 83.5 Å². The quantitative estimate of drug-likeness (QED) is 0.0199. The zero-order valence-electron chi connectivity index (χ0n) is 44.0. The smallest absolute Gasteiger partial charge is 0.306 e. The van der Waals surface area contributed by atoms with Gasteiger partial charge in [0.1, 0.15) is 13.2 Å². The summed E-state index contributed by atoms with van der Waals surface area (Å²) in [5.41, 5.74) is 0. The molecule has 1 atom stereocenters. The van der Waals surface area contributed by atoms with E-state index >= 15 is 0 Å². The van der Waals surface area contributed by atoms with Crippen LogP contribution in [0.3, 0.4) is 0 Å². The van der Waals surface area contributed by atoms with Crippen LogP contribution in [-0.4, -0.2) is 37.2 Å². The molecule has 0 aromatic rings. The van der Waals surface area contributed by atoms with E-state index in [1.165, 1.54) is 173 Å². The van der Waals surface area contributed by atoms with Gasteiger partial charge >= 0.3 is 17.9 Å². The summed E-state index contributed by atoms with van der Waals surface area (Å²) >= 11 is 0. The van der Waals surface area contributed by atoms with E-state index in [-0.39, 0.29) is 31.1 Å². The predicted molar refractivity (Wildman–Crippen MR) is 284 cm³/mol. The van der Waals surface area contributed by atoms with Crippen molar-refractivity contribution in [2.75, 3.05) is 13.2 Å². The van der Waals surface area contributed by atoms with Gasteiger partial charge in [-0.05, 0) is 89.9 Å². The van der Waals surface area contributed by atoms with Crippen LogP contribution in [0.5, 0.6) is 0 Å². The van der Waals surface area contributed by atoms with E-state index < -0.39 is 6.10 Å². The van der Waals surface area contributed by atoms with Crippen LogP contribution in [0.25, 0.3) is 0 Å². The molecule has 0 spiro atoms. The van der Waals surface area contributed by atoms with E-state index in [0.29, 0.717) is 19.3 Å². The largest absolute Gasteiger partial charge is 0.462 e. The van der Waals surface area contributed by atoms with Gasteiger partial charge in [0, 0.05) is 19.3 Å². The van der Waals surface area contributed by atoms with Crippen molar-refractivity contribution in [2.24, 2.45) is 0 Å². The molecule has 0 radical (unpaired) electrons. The average Bonchev–Trinajstić information content (AvgIpc) is 3.31. The highest BCUT2D eigenvalue weighted by atomic mass is 16.6. The Hall–Kier alpha value is -2.63. The summed E-state index contributed by atoms with van der Waals surface area (Å²) < 4.78 is 16.8. The van der Waals surface area contributed by atoms with Gasteiger partial charge in [-0.1, -0.05) is 236 Å². The molecule has 0 N–H and O–H groups in total. The molecule has 0 bridgehead atoms. The minimum Gasteiger partial charge on any atom is -0.462 e. The first-order valence-corrected chi connectivity index (χ1v) is 28.7. The van der Waals surface area contributed by atoms with Gasteiger partial charge in [0.05, 0.1) is 0 Å². The maximum Gasteiger partial charge on any atom is 0.306 e. The van der Waals surface area contributed by atoms with Crippen LogP contribution in [0.2, 0.25) is 0 Å². The average molecular weight is 926 g/mol. The highest BCUT2D eigenvalue weighted by Crippen LogP contribution is 2.15. The van der Waals surface area contributed by atoms with E-state index in [1.807, 2.05) is 0 Å². The highest BCUT2D eigenvalue weighted by molar-refractivity contribution is 5.71. The first kappa shape index (κ1) is 63.4. The van der Waals surface area contributed by atoms with E-state index in [9.17, 15) is 14.4 Å². The number of hydrogen-bond acceptors (Lipinski definition) is 6. The van der Waals surface area contributed by atoms with Gasteiger partial charge in [-0.3, -0.25) is 14.4 Å². The normalized spacial score (nSPS) is 12.3. The van der Waals surface area contributed by atoms with Crippen LogP contribution < -0.4 is 0 Å². The Kier molecular flexibility index (Phi) is 52.8. The molecule has 384 valence electrons. The van der Waals surface area contributed by atoms with Crippen LogP contribution >= 0.6 is 0 Å². The molecule has 6 heteroatoms. The second-order valence-electron chi connectivity index (χ2n) is 19.2. The van der Waals surface area contributed by atoms with Crippen LogP contribution in [0.4, 0.5) is 0 Å². The highest BCUT2D eigenvalue weighted by Gasteiger charge is 2.19. The maximum atomic E-state index is 12.8. The summed E-state index contributed by atoms with van der Waals surface area (Å²) in [6.07, 6.45) is 66.8. The molecule has 0 aliphatic rings. The lowest BCUT2D eigenvalue weighted by Crippen LogP contribution is -2.30. The number of allylic oxidation sites excluding steroid dienone is 8. The third-order valence-corrected chi connectivity index (χ3v) is 12.6. The molecule has 66 heavy (non-hydrogen) atoms. The second-order valence-corrected chi connectivity index (χ2v) is 19.2. The van der Waals surface area contributed by atoms with E-state index in [1.54, 1.807) is 0 Å². The third-order valence-electron chi connectivity index (χ3n) is 12.6. The van der Waals surface area contributed by atoms with Crippen LogP contribution in [0, 0.1) is 0 Å². The fourth-order valence-electron chi connectivity index (χ4n) is 8.17. The number of ether oxygens (including phenoxy) is 3. The third kappa shape index (κ3) is 52.3. The van der Waals surface area contributed by atoms with Crippen molar-refractivity contribution < 1.29 is 28.6 Å². The van der Waals surface area contributed by atoms with Gasteiger partial charge < -0.3 is 14.2 Å². The van der Waals surface area contributed by atoms with Crippen molar-refractivity contribution >= 4 is 17.9 Å². The SMILES string of the molecule is CCCC/C=C\C=C/CCCCCC(=O)OCC(COC(=O)CCCCCCCCC/C=C\CCCCCCCCCC)OC(=O)CCCCCCC/C=C\CCCCCCCCCCC. The summed E-state index contributed by atoms with van der Waals surface area (Å²) in [6, 6.07) is 0. The van der Waals surface area contributed by atoms with Crippen molar-refractivity contribution in [3.63, 3.8) is 0 Å². The standard InChI is InChI=1S/C60H108O6/c1-4-7-10-13-16-19-22-24-26-28-30-32-33-35-38-41-44-47-50-53-59(62)65-56-57(55-64-58(61)52-49-46-43-40-37-21-18-15-12-9-6-3)66-60(63)54-51-48-45-42-39-36-34-31-29-27-25-23-20-17-14-11-8-5-2/h15,18,21,28,30-31,34,37,57H,4-14,16-17,19-20,22-27,29,32-33,35-36,38-56H2,1-3H3/b18-15-,30-28-,34-31-,37-21-. The molecular weight excluding hydrogens is 817 g/mol. The lowest BCUT2D eigenvalue weighted by molar-refractivity contribution is -0.167. The fraction of sp³-hybridized carbons (Fsp3) is 0.817. The molecule has 0 fully saturated rings. The Bertz CT molecular complexity index is 1150. The number of carbonyl (C=O) groups is 3. The van der Waals surface area contributed by atoms with Crippen molar-refractivity contribution in [1.82, 2.24) is 0 Å². The van der Waals surface area contributed by atoms with Gasteiger partial charge in [0.2, 0.25) is 0 Å². The number of esters is 3. The molecule has 0 aromatic carbocycles. The predicted octanol–water partition coefficient (Wildman–Crippen LogP) is 19.0. The summed E-state index contributed by atoms with van der Waals surface area (Å²) in [6.45, 7) is 6.58. The molecule has 1 unspecified atom stereocenters. The lowest BCUT2D eigenvalue weighted by Gasteiger charge is -2.18. The zero-order valence-corrected chi connectivity index (χ0v) is 44.0. The fourth-order valence-corrected chi connectivity index (χ4v) is 8.17. The van der Waals surface area contributed by atoms with Gasteiger partial charge in [-0.2, -0.15) is 0 Å². The topological polar surface area (TPSA) is 78.9 Å². The molecule has 0 aliphatic heterocycles. The molecule has 0 aromatic heterocycles. The van der Waals surface area contributed by atoms with Crippen LogP contribution in [-0.2, 0) is 28.6 Å². The number of unbranched alkanes of at least 4 members (excludes halogenated alkanes) is 34. The van der Waals surface area contributed by atoms with Gasteiger partial charge in [0.15, 0.2) is 6.10 Å². The first-order valence-electron chi connectivity index (χ1n) is 28.7. The number of carbonyl (C=O) groups excluding carboxylic acids is 3. The first-order chi connectivity index (χ1) is 32.5. The minimum absolute atomic E-state index is 0.0860. The monoisotopic (exact) mass is 925 g/mol. The molecule has 6 nitrogen and oxygen atoms in total. The minimum atomic E-state index is -0.789. The van der Waals surface area contributed by atoms with Crippen LogP contribution in [0.15, 0.2) is 48.6 Å². The number of rotatable bonds is 52. The molecule has 0 saturated heterocycles. The second kappa shape index (κ2) is 55.0. The van der Waals surface area contributed by atoms with Crippen molar-refractivity contribution in [3.05, 3.63) is 48.6 Å². The molecular formula is C60H108O6. The Balaban J connectivity index is 4.34. The summed E-state index contributed by atoms with van der Waals surface area (Å²) in [4.78, 5) is 38.1. The van der Waals surface area contributed by atoms with E-state index in [4.69, 9.17) is 14.2 Å². The zero-order chi connectivity index (χ0) is 47.9. The Morgan fingerprint density at radius 3 is 0.909 bits per heavy atom. The van der Waals surface area contributed by atoms with Crippen molar-refractivity contribution in [1.29, 1.82) is 0 Å². The summed E-state index contributed by atoms with van der Waals surface area (Å²) in [5.74, 6) is -0.916. The molecule has 0 amide bonds. The Morgan fingerprint density at radius 1 is 0.303 bits per heavy atom. The summed E-state index contributed by atoms with van der Waals surface area (Å²) in [5, 5.41) is 0. The Labute approximate surface area is 409 Å². The molecule has 0 aliphatic carbocycles. The van der Waals surface area contributed by atoms with Crippen LogP contribution in [0.1, 0.15) is 297 Å². The van der Waals surface area contributed by atoms with Crippen molar-refractivity contribution in [3.8, 4) is 0 Å².